The number of nitriles is 1. The van der Waals surface area contributed by atoms with Crippen LogP contribution in [0.4, 0.5) is 19.0 Å². The fourth-order valence-corrected chi connectivity index (χ4v) is 2.60. The van der Waals surface area contributed by atoms with Gasteiger partial charge in [0.05, 0.1) is 11.5 Å². The molecular formula is C15H16F3N3. The molecule has 2 N–H and O–H groups in total. The van der Waals surface area contributed by atoms with Crippen LogP contribution in [0, 0.1) is 23.2 Å². The molecule has 0 bridgehead atoms. The molecule has 2 rings (SSSR count). The topological polar surface area (TPSA) is 62.7 Å². The number of nitrogens with two attached hydrogens (primary N) is 1. The normalized spacial score (nSPS) is 23.1. The maximum absolute atomic E-state index is 12.6. The Morgan fingerprint density at radius 3 is 2.52 bits per heavy atom. The lowest BCUT2D eigenvalue weighted by molar-refractivity contribution is -0.183. The molecule has 1 aromatic rings. The van der Waals surface area contributed by atoms with Crippen molar-refractivity contribution in [2.45, 2.75) is 31.9 Å². The molecule has 1 aliphatic rings. The lowest BCUT2D eigenvalue weighted by Gasteiger charge is -2.28. The summed E-state index contributed by atoms with van der Waals surface area (Å²) in [5.41, 5.74) is 6.64. The van der Waals surface area contributed by atoms with Crippen molar-refractivity contribution in [3.05, 3.63) is 29.5 Å². The summed E-state index contributed by atoms with van der Waals surface area (Å²) in [5, 5.41) is 8.98. The Morgan fingerprint density at radius 2 is 1.95 bits per heavy atom. The molecule has 6 heteroatoms. The Bertz CT molecular complexity index is 565. The van der Waals surface area contributed by atoms with E-state index in [-0.39, 0.29) is 18.8 Å². The number of allylic oxidation sites excluding steroid dienone is 1. The van der Waals surface area contributed by atoms with E-state index in [1.54, 1.807) is 12.1 Å². The maximum atomic E-state index is 12.6. The fraction of sp³-hybridized carbons (Fsp3) is 0.467. The summed E-state index contributed by atoms with van der Waals surface area (Å²) in [6.45, 7) is 0. The van der Waals surface area contributed by atoms with E-state index in [1.807, 2.05) is 12.1 Å². The Morgan fingerprint density at radius 1 is 1.29 bits per heavy atom. The van der Waals surface area contributed by atoms with Gasteiger partial charge < -0.3 is 5.73 Å². The van der Waals surface area contributed by atoms with Crippen molar-refractivity contribution in [3.63, 3.8) is 0 Å². The van der Waals surface area contributed by atoms with Gasteiger partial charge in [0.15, 0.2) is 0 Å². The Hall–Kier alpha value is -2.03. The maximum Gasteiger partial charge on any atom is 0.391 e. The van der Waals surface area contributed by atoms with E-state index in [0.29, 0.717) is 29.8 Å². The minimum Gasteiger partial charge on any atom is -0.384 e. The van der Waals surface area contributed by atoms with Crippen molar-refractivity contribution in [2.24, 2.45) is 11.8 Å². The van der Waals surface area contributed by atoms with Crippen molar-refractivity contribution >= 4 is 11.9 Å². The molecule has 21 heavy (non-hydrogen) atoms. The number of halogens is 3. The summed E-state index contributed by atoms with van der Waals surface area (Å²) in [6, 6.07) is 3.61. The largest absolute Gasteiger partial charge is 0.391 e. The van der Waals surface area contributed by atoms with Crippen molar-refractivity contribution < 1.29 is 13.2 Å². The lowest BCUT2D eigenvalue weighted by Crippen LogP contribution is -2.27. The quantitative estimate of drug-likeness (QED) is 0.899. The number of pyridine rings is 1. The van der Waals surface area contributed by atoms with Crippen LogP contribution >= 0.6 is 0 Å². The predicted octanol–water partition coefficient (Wildman–Crippen LogP) is 3.92. The molecule has 0 unspecified atom stereocenters. The Balaban J connectivity index is 2.01. The molecule has 0 aliphatic heterocycles. The van der Waals surface area contributed by atoms with E-state index in [1.165, 1.54) is 6.20 Å². The number of nitrogens with zero attached hydrogens (tertiary/aromatic N) is 2. The minimum atomic E-state index is -4.08. The van der Waals surface area contributed by atoms with Crippen LogP contribution in [0.2, 0.25) is 0 Å². The third-order valence-corrected chi connectivity index (χ3v) is 3.86. The molecule has 3 nitrogen and oxygen atoms in total. The summed E-state index contributed by atoms with van der Waals surface area (Å²) in [7, 11) is 0. The van der Waals surface area contributed by atoms with Crippen molar-refractivity contribution in [2.75, 3.05) is 5.73 Å². The zero-order chi connectivity index (χ0) is 15.5. The molecular weight excluding hydrogens is 279 g/mol. The first kappa shape index (κ1) is 15.4. The summed E-state index contributed by atoms with van der Waals surface area (Å²) in [6.07, 6.45) is 2.33. The summed E-state index contributed by atoms with van der Waals surface area (Å²) in [4.78, 5) is 3.84. The SMILES string of the molecule is N#Cc1cnc(N)cc1/C=C/C1CCC(C(F)(F)F)CC1. The number of hydrogen-bond donors (Lipinski definition) is 1. The highest BCUT2D eigenvalue weighted by Gasteiger charge is 2.40. The first-order valence-electron chi connectivity index (χ1n) is 6.80. The first-order chi connectivity index (χ1) is 9.90. The predicted molar refractivity (Wildman–Crippen MR) is 73.9 cm³/mol. The standard InChI is InChI=1S/C15H16F3N3/c16-15(17,18)13-5-2-10(3-6-13)1-4-11-7-14(20)21-9-12(11)8-19/h1,4,7,9-10,13H,2-3,5-6H2,(H2,20,21)/b4-1+. The molecule has 1 saturated carbocycles. The summed E-state index contributed by atoms with van der Waals surface area (Å²) in [5.74, 6) is -0.743. The zero-order valence-electron chi connectivity index (χ0n) is 11.4. The van der Waals surface area contributed by atoms with Crippen LogP contribution < -0.4 is 5.73 Å². The number of anilines is 1. The molecule has 1 aliphatic carbocycles. The molecule has 1 aromatic heterocycles. The van der Waals surface area contributed by atoms with Crippen molar-refractivity contribution in [3.8, 4) is 6.07 Å². The number of alkyl halides is 3. The zero-order valence-corrected chi connectivity index (χ0v) is 11.4. The minimum absolute atomic E-state index is 0.115. The van der Waals surface area contributed by atoms with Gasteiger partial charge in [0.2, 0.25) is 0 Å². The van der Waals surface area contributed by atoms with E-state index < -0.39 is 12.1 Å². The van der Waals surface area contributed by atoms with Crippen LogP contribution in [0.3, 0.4) is 0 Å². The smallest absolute Gasteiger partial charge is 0.384 e. The molecule has 0 atom stereocenters. The van der Waals surface area contributed by atoms with E-state index in [0.717, 1.165) is 0 Å². The lowest BCUT2D eigenvalue weighted by atomic mass is 9.81. The fourth-order valence-electron chi connectivity index (χ4n) is 2.60. The highest BCUT2D eigenvalue weighted by molar-refractivity contribution is 5.60. The monoisotopic (exact) mass is 295 g/mol. The van der Waals surface area contributed by atoms with Crippen LogP contribution in [0.5, 0.6) is 0 Å². The van der Waals surface area contributed by atoms with Gasteiger partial charge in [-0.2, -0.15) is 18.4 Å². The molecule has 0 saturated heterocycles. The van der Waals surface area contributed by atoms with Crippen molar-refractivity contribution in [1.82, 2.24) is 4.98 Å². The van der Waals surface area contributed by atoms with Gasteiger partial charge in [-0.3, -0.25) is 0 Å². The van der Waals surface area contributed by atoms with Gasteiger partial charge in [-0.1, -0.05) is 12.2 Å². The number of hydrogen-bond acceptors (Lipinski definition) is 3. The molecule has 1 fully saturated rings. The van der Waals surface area contributed by atoms with E-state index in [4.69, 9.17) is 11.0 Å². The molecule has 0 radical (unpaired) electrons. The number of nitrogen functional groups attached to an aromatic ring is 1. The third-order valence-electron chi connectivity index (χ3n) is 3.86. The van der Waals surface area contributed by atoms with Gasteiger partial charge in [-0.25, -0.2) is 4.98 Å². The second-order valence-electron chi connectivity index (χ2n) is 5.32. The third kappa shape index (κ3) is 3.97. The molecule has 112 valence electrons. The summed E-state index contributed by atoms with van der Waals surface area (Å²) < 4.78 is 37.8. The Labute approximate surface area is 121 Å². The highest BCUT2D eigenvalue weighted by Crippen LogP contribution is 2.39. The second-order valence-corrected chi connectivity index (χ2v) is 5.32. The summed E-state index contributed by atoms with van der Waals surface area (Å²) >= 11 is 0. The van der Waals surface area contributed by atoms with E-state index >= 15 is 0 Å². The van der Waals surface area contributed by atoms with Gasteiger partial charge in [0.1, 0.15) is 11.9 Å². The average Bonchev–Trinajstić information content (AvgIpc) is 2.45. The number of aromatic nitrogens is 1. The van der Waals surface area contributed by atoms with Crippen LogP contribution in [-0.4, -0.2) is 11.2 Å². The Kier molecular flexibility index (Phi) is 4.51. The van der Waals surface area contributed by atoms with Crippen molar-refractivity contribution in [1.29, 1.82) is 5.26 Å². The van der Waals surface area contributed by atoms with Crippen LogP contribution in [0.15, 0.2) is 18.3 Å². The molecule has 0 spiro atoms. The van der Waals surface area contributed by atoms with Crippen LogP contribution in [0.25, 0.3) is 6.08 Å². The van der Waals surface area contributed by atoms with Gasteiger partial charge >= 0.3 is 6.18 Å². The van der Waals surface area contributed by atoms with E-state index in [2.05, 4.69) is 4.98 Å². The van der Waals surface area contributed by atoms with Gasteiger partial charge in [-0.05, 0) is 43.2 Å². The second kappa shape index (κ2) is 6.17. The van der Waals surface area contributed by atoms with E-state index in [9.17, 15) is 13.2 Å². The molecule has 1 heterocycles. The molecule has 0 aromatic carbocycles. The van der Waals surface area contributed by atoms with Gasteiger partial charge in [0.25, 0.3) is 0 Å². The average molecular weight is 295 g/mol. The number of rotatable bonds is 2. The van der Waals surface area contributed by atoms with Gasteiger partial charge in [0, 0.05) is 6.20 Å². The van der Waals surface area contributed by atoms with Gasteiger partial charge in [-0.15, -0.1) is 0 Å². The molecule has 0 amide bonds. The first-order valence-corrected chi connectivity index (χ1v) is 6.80. The van der Waals surface area contributed by atoms with Crippen LogP contribution in [0.1, 0.15) is 36.8 Å². The highest BCUT2D eigenvalue weighted by atomic mass is 19.4. The van der Waals surface area contributed by atoms with Crippen LogP contribution in [-0.2, 0) is 0 Å².